The first-order valence-corrected chi connectivity index (χ1v) is 8.08. The summed E-state index contributed by atoms with van der Waals surface area (Å²) in [7, 11) is -3.24. The third-order valence-electron chi connectivity index (χ3n) is 2.20. The monoisotopic (exact) mass is 273 g/mol. The Morgan fingerprint density at radius 1 is 1.41 bits per heavy atom. The zero-order valence-corrected chi connectivity index (χ0v) is 12.1. The van der Waals surface area contributed by atoms with Crippen LogP contribution in [0.3, 0.4) is 0 Å². The highest BCUT2D eigenvalue weighted by molar-refractivity contribution is 7.89. The van der Waals surface area contributed by atoms with Gasteiger partial charge in [-0.05, 0) is 18.4 Å². The molecule has 1 aliphatic heterocycles. The van der Waals surface area contributed by atoms with Crippen LogP contribution >= 0.6 is 11.3 Å². The van der Waals surface area contributed by atoms with Crippen molar-refractivity contribution in [3.05, 3.63) is 28.5 Å². The quantitative estimate of drug-likeness (QED) is 0.776. The summed E-state index contributed by atoms with van der Waals surface area (Å²) >= 11 is 1.40. The molecule has 2 rings (SSSR count). The van der Waals surface area contributed by atoms with Gasteiger partial charge in [0, 0.05) is 18.5 Å². The summed E-state index contributed by atoms with van der Waals surface area (Å²) in [4.78, 5) is 0.408. The van der Waals surface area contributed by atoms with Crippen LogP contribution in [0.25, 0.3) is 0 Å². The van der Waals surface area contributed by atoms with Crippen LogP contribution < -0.4 is 0 Å². The molecular formula is C12H19NO2S2. The highest BCUT2D eigenvalue weighted by Crippen LogP contribution is 2.22. The van der Waals surface area contributed by atoms with Gasteiger partial charge in [0.05, 0.1) is 4.90 Å². The Kier molecular flexibility index (Phi) is 5.36. The molecule has 0 N–H and O–H groups in total. The van der Waals surface area contributed by atoms with Crippen molar-refractivity contribution < 1.29 is 8.42 Å². The lowest BCUT2D eigenvalue weighted by Crippen LogP contribution is -2.28. The van der Waals surface area contributed by atoms with E-state index >= 15 is 0 Å². The molecule has 5 heteroatoms. The Balaban J connectivity index is 0.000000437. The molecule has 17 heavy (non-hydrogen) atoms. The van der Waals surface area contributed by atoms with E-state index in [1.165, 1.54) is 22.1 Å². The van der Waals surface area contributed by atoms with Crippen molar-refractivity contribution in [1.29, 1.82) is 0 Å². The molecule has 0 atom stereocenters. The van der Waals surface area contributed by atoms with Crippen LogP contribution in [0.5, 0.6) is 0 Å². The van der Waals surface area contributed by atoms with Gasteiger partial charge in [0.25, 0.3) is 0 Å². The summed E-state index contributed by atoms with van der Waals surface area (Å²) < 4.78 is 25.4. The third-order valence-corrected chi connectivity index (χ3v) is 4.84. The highest BCUT2D eigenvalue weighted by Gasteiger charge is 2.26. The van der Waals surface area contributed by atoms with Gasteiger partial charge in [-0.3, -0.25) is 0 Å². The molecule has 0 aliphatic carbocycles. The van der Waals surface area contributed by atoms with E-state index in [1.807, 2.05) is 13.0 Å². The maximum atomic E-state index is 11.9. The maximum Gasteiger partial charge on any atom is 0.244 e. The summed E-state index contributed by atoms with van der Waals surface area (Å²) in [5, 5.41) is 3.45. The molecule has 0 fully saturated rings. The molecule has 0 saturated heterocycles. The molecule has 2 heterocycles. The van der Waals surface area contributed by atoms with E-state index < -0.39 is 10.0 Å². The van der Waals surface area contributed by atoms with Crippen molar-refractivity contribution in [1.82, 2.24) is 4.31 Å². The van der Waals surface area contributed by atoms with Crippen molar-refractivity contribution in [3.63, 3.8) is 0 Å². The fourth-order valence-electron chi connectivity index (χ4n) is 1.40. The lowest BCUT2D eigenvalue weighted by Gasteiger charge is -2.14. The summed E-state index contributed by atoms with van der Waals surface area (Å²) in [6.45, 7) is 7.23. The molecule has 0 bridgehead atoms. The molecule has 0 saturated carbocycles. The third kappa shape index (κ3) is 3.66. The number of nitrogens with zero attached hydrogens (tertiary/aromatic N) is 1. The zero-order chi connectivity index (χ0) is 12.9. The van der Waals surface area contributed by atoms with Crippen LogP contribution in [-0.4, -0.2) is 25.8 Å². The SMILES string of the molecule is CC1=CCN(S(=O)(=O)c2ccsc2)C1.CCC. The lowest BCUT2D eigenvalue weighted by atomic mass is 10.3. The van der Waals surface area contributed by atoms with Gasteiger partial charge >= 0.3 is 0 Å². The van der Waals surface area contributed by atoms with Gasteiger partial charge in [-0.2, -0.15) is 15.6 Å². The minimum Gasteiger partial charge on any atom is -0.207 e. The first kappa shape index (κ1) is 14.4. The molecule has 0 spiro atoms. The number of sulfonamides is 1. The Bertz CT molecular complexity index is 461. The predicted molar refractivity (Wildman–Crippen MR) is 72.8 cm³/mol. The van der Waals surface area contributed by atoms with Gasteiger partial charge in [0.1, 0.15) is 0 Å². The van der Waals surface area contributed by atoms with Gasteiger partial charge < -0.3 is 0 Å². The fraction of sp³-hybridized carbons (Fsp3) is 0.500. The number of hydrogen-bond acceptors (Lipinski definition) is 3. The van der Waals surface area contributed by atoms with Crippen molar-refractivity contribution in [2.24, 2.45) is 0 Å². The molecule has 1 aromatic heterocycles. The molecule has 0 amide bonds. The van der Waals surface area contributed by atoms with Crippen molar-refractivity contribution in [2.75, 3.05) is 13.1 Å². The minimum atomic E-state index is -3.24. The van der Waals surface area contributed by atoms with Crippen LogP contribution in [0, 0.1) is 0 Å². The van der Waals surface area contributed by atoms with E-state index in [-0.39, 0.29) is 0 Å². The molecule has 3 nitrogen and oxygen atoms in total. The van der Waals surface area contributed by atoms with E-state index in [1.54, 1.807) is 16.8 Å². The van der Waals surface area contributed by atoms with Gasteiger partial charge in [-0.15, -0.1) is 0 Å². The first-order chi connectivity index (χ1) is 8.02. The number of hydrogen-bond donors (Lipinski definition) is 0. The van der Waals surface area contributed by atoms with Crippen LogP contribution in [0.15, 0.2) is 33.4 Å². The maximum absolute atomic E-state index is 11.9. The standard InChI is InChI=1S/C9H11NO2S2.C3H8/c1-8-2-4-10(6-8)14(11,12)9-3-5-13-7-9;1-3-2/h2-3,5,7H,4,6H2,1H3;3H2,1-2H3. The summed E-state index contributed by atoms with van der Waals surface area (Å²) in [6.07, 6.45) is 3.20. The smallest absolute Gasteiger partial charge is 0.207 e. The van der Waals surface area contributed by atoms with Crippen LogP contribution in [0.2, 0.25) is 0 Å². The highest BCUT2D eigenvalue weighted by atomic mass is 32.2. The average Bonchev–Trinajstić information content (AvgIpc) is 2.88. The predicted octanol–water partition coefficient (Wildman–Crippen LogP) is 3.12. The van der Waals surface area contributed by atoms with Crippen LogP contribution in [0.1, 0.15) is 27.2 Å². The summed E-state index contributed by atoms with van der Waals surface area (Å²) in [5.41, 5.74) is 1.11. The fourth-order valence-corrected chi connectivity index (χ4v) is 3.83. The Hall–Kier alpha value is -0.650. The molecular weight excluding hydrogens is 254 g/mol. The second-order valence-electron chi connectivity index (χ2n) is 4.01. The molecule has 96 valence electrons. The van der Waals surface area contributed by atoms with Gasteiger partial charge in [0.2, 0.25) is 10.0 Å². The van der Waals surface area contributed by atoms with E-state index in [2.05, 4.69) is 13.8 Å². The van der Waals surface area contributed by atoms with Gasteiger partial charge in [0.15, 0.2) is 0 Å². The largest absolute Gasteiger partial charge is 0.244 e. The first-order valence-electron chi connectivity index (χ1n) is 5.70. The summed E-state index contributed by atoms with van der Waals surface area (Å²) in [5.74, 6) is 0. The normalized spacial score (nSPS) is 16.3. The number of thiophene rings is 1. The average molecular weight is 273 g/mol. The Labute approximate surface area is 108 Å². The molecule has 0 radical (unpaired) electrons. The Morgan fingerprint density at radius 3 is 2.47 bits per heavy atom. The zero-order valence-electron chi connectivity index (χ0n) is 10.5. The van der Waals surface area contributed by atoms with Gasteiger partial charge in [-0.1, -0.05) is 31.9 Å². The van der Waals surface area contributed by atoms with Crippen LogP contribution in [-0.2, 0) is 10.0 Å². The topological polar surface area (TPSA) is 37.4 Å². The minimum absolute atomic E-state index is 0.408. The second-order valence-corrected chi connectivity index (χ2v) is 6.73. The number of rotatable bonds is 2. The van der Waals surface area contributed by atoms with Crippen molar-refractivity contribution in [2.45, 2.75) is 32.1 Å². The van der Waals surface area contributed by atoms with Crippen molar-refractivity contribution in [3.8, 4) is 0 Å². The van der Waals surface area contributed by atoms with E-state index in [0.717, 1.165) is 5.57 Å². The van der Waals surface area contributed by atoms with E-state index in [0.29, 0.717) is 18.0 Å². The van der Waals surface area contributed by atoms with Crippen molar-refractivity contribution >= 4 is 21.4 Å². The van der Waals surface area contributed by atoms with E-state index in [9.17, 15) is 8.42 Å². The molecule has 1 aliphatic rings. The second kappa shape index (κ2) is 6.33. The Morgan fingerprint density at radius 2 is 2.06 bits per heavy atom. The molecule has 1 aromatic rings. The van der Waals surface area contributed by atoms with E-state index in [4.69, 9.17) is 0 Å². The van der Waals surface area contributed by atoms with Crippen LogP contribution in [0.4, 0.5) is 0 Å². The lowest BCUT2D eigenvalue weighted by molar-refractivity contribution is 0.485. The van der Waals surface area contributed by atoms with Gasteiger partial charge in [-0.25, -0.2) is 8.42 Å². The summed E-state index contributed by atoms with van der Waals surface area (Å²) in [6, 6.07) is 1.65. The molecule has 0 unspecified atom stereocenters. The molecule has 0 aromatic carbocycles.